The molecule has 0 saturated carbocycles. The van der Waals surface area contributed by atoms with Crippen LogP contribution in [0.15, 0.2) is 12.1 Å². The molecule has 2 fully saturated rings. The number of nitrogens with zero attached hydrogens (tertiary/aromatic N) is 1. The molecule has 7 nitrogen and oxygen atoms in total. The molecule has 0 atom stereocenters. The number of benzene rings is 1. The third-order valence-corrected chi connectivity index (χ3v) is 4.80. The number of amides is 1. The molecule has 1 aromatic rings. The van der Waals surface area contributed by atoms with Gasteiger partial charge in [0.15, 0.2) is 17.8 Å². The van der Waals surface area contributed by atoms with E-state index in [2.05, 4.69) is 0 Å². The van der Waals surface area contributed by atoms with E-state index in [4.69, 9.17) is 23.7 Å². The third-order valence-electron chi connectivity index (χ3n) is 4.80. The molecule has 2 saturated heterocycles. The number of methoxy groups -OCH3 is 3. The van der Waals surface area contributed by atoms with Gasteiger partial charge in [0.25, 0.3) is 5.91 Å². The summed E-state index contributed by atoms with van der Waals surface area (Å²) in [4.78, 5) is 14.8. The SMILES string of the molecule is COc1cc(OC)c(C(=O)N2CCC(C3OCCO3)CC2)cc1OC. The number of carbonyl (C=O) groups is 1. The molecule has 2 heterocycles. The molecule has 0 aliphatic carbocycles. The molecule has 25 heavy (non-hydrogen) atoms. The van der Waals surface area contributed by atoms with E-state index in [1.54, 1.807) is 33.5 Å². The van der Waals surface area contributed by atoms with Crippen molar-refractivity contribution in [2.45, 2.75) is 19.1 Å². The first-order valence-electron chi connectivity index (χ1n) is 8.50. The van der Waals surface area contributed by atoms with Crippen LogP contribution >= 0.6 is 0 Å². The van der Waals surface area contributed by atoms with Crippen molar-refractivity contribution >= 4 is 5.91 Å². The Kier molecular flexibility index (Phi) is 5.65. The lowest BCUT2D eigenvalue weighted by atomic mass is 9.95. The highest BCUT2D eigenvalue weighted by Crippen LogP contribution is 2.36. The van der Waals surface area contributed by atoms with Crippen LogP contribution in [0.5, 0.6) is 17.2 Å². The molecule has 1 aromatic carbocycles. The standard InChI is InChI=1S/C18H25NO6/c1-21-14-11-16(23-3)15(22-2)10-13(14)17(20)19-6-4-12(5-7-19)18-24-8-9-25-18/h10-12,18H,4-9H2,1-3H3. The number of hydrogen-bond donors (Lipinski definition) is 0. The molecule has 3 rings (SSSR count). The Morgan fingerprint density at radius 3 is 2.08 bits per heavy atom. The maximum Gasteiger partial charge on any atom is 0.257 e. The Morgan fingerprint density at radius 1 is 0.960 bits per heavy atom. The zero-order chi connectivity index (χ0) is 17.8. The first kappa shape index (κ1) is 17.8. The van der Waals surface area contributed by atoms with Crippen molar-refractivity contribution in [1.29, 1.82) is 0 Å². The first-order valence-corrected chi connectivity index (χ1v) is 8.50. The molecular weight excluding hydrogens is 326 g/mol. The van der Waals surface area contributed by atoms with E-state index in [9.17, 15) is 4.79 Å². The first-order chi connectivity index (χ1) is 12.2. The highest BCUT2D eigenvalue weighted by Gasteiger charge is 2.33. The van der Waals surface area contributed by atoms with Crippen LogP contribution in [-0.2, 0) is 9.47 Å². The van der Waals surface area contributed by atoms with Gasteiger partial charge in [0.1, 0.15) is 5.75 Å². The lowest BCUT2D eigenvalue weighted by Gasteiger charge is -2.34. The highest BCUT2D eigenvalue weighted by molar-refractivity contribution is 5.98. The summed E-state index contributed by atoms with van der Waals surface area (Å²) < 4.78 is 27.1. The van der Waals surface area contributed by atoms with Gasteiger partial charge < -0.3 is 28.6 Å². The maximum atomic E-state index is 13.0. The lowest BCUT2D eigenvalue weighted by molar-refractivity contribution is -0.0956. The molecule has 2 aliphatic heterocycles. The predicted molar refractivity (Wildman–Crippen MR) is 90.4 cm³/mol. The van der Waals surface area contributed by atoms with E-state index < -0.39 is 0 Å². The molecule has 1 amide bonds. The van der Waals surface area contributed by atoms with Crippen LogP contribution in [-0.4, -0.2) is 64.7 Å². The fourth-order valence-corrected chi connectivity index (χ4v) is 3.39. The minimum atomic E-state index is -0.118. The Bertz CT molecular complexity index is 606. The summed E-state index contributed by atoms with van der Waals surface area (Å²) in [5, 5.41) is 0. The van der Waals surface area contributed by atoms with Gasteiger partial charge >= 0.3 is 0 Å². The number of ether oxygens (including phenoxy) is 5. The fraction of sp³-hybridized carbons (Fsp3) is 0.611. The average molecular weight is 351 g/mol. The summed E-state index contributed by atoms with van der Waals surface area (Å²) in [6, 6.07) is 3.36. The van der Waals surface area contributed by atoms with Crippen LogP contribution in [0.3, 0.4) is 0 Å². The predicted octanol–water partition coefficient (Wildman–Crippen LogP) is 1.94. The van der Waals surface area contributed by atoms with Crippen LogP contribution in [0, 0.1) is 5.92 Å². The summed E-state index contributed by atoms with van der Waals surface area (Å²) in [7, 11) is 4.64. The van der Waals surface area contributed by atoms with Gasteiger partial charge in [-0.15, -0.1) is 0 Å². The number of rotatable bonds is 5. The van der Waals surface area contributed by atoms with Crippen molar-refractivity contribution in [3.63, 3.8) is 0 Å². The van der Waals surface area contributed by atoms with Crippen LogP contribution in [0.2, 0.25) is 0 Å². The summed E-state index contributed by atoms with van der Waals surface area (Å²) in [5.74, 6) is 1.80. The lowest BCUT2D eigenvalue weighted by Crippen LogP contribution is -2.41. The van der Waals surface area contributed by atoms with Crippen LogP contribution in [0.1, 0.15) is 23.2 Å². The maximum absolute atomic E-state index is 13.0. The van der Waals surface area contributed by atoms with Gasteiger partial charge in [-0.2, -0.15) is 0 Å². The summed E-state index contributed by atoms with van der Waals surface area (Å²) in [6.45, 7) is 2.66. The zero-order valence-corrected chi connectivity index (χ0v) is 14.9. The van der Waals surface area contributed by atoms with Crippen LogP contribution in [0.4, 0.5) is 0 Å². The average Bonchev–Trinajstić information content (AvgIpc) is 3.21. The minimum Gasteiger partial charge on any atom is -0.496 e. The second-order valence-corrected chi connectivity index (χ2v) is 6.15. The largest absolute Gasteiger partial charge is 0.496 e. The third kappa shape index (κ3) is 3.67. The van der Waals surface area contributed by atoms with Crippen molar-refractivity contribution in [2.75, 3.05) is 47.6 Å². The van der Waals surface area contributed by atoms with Crippen molar-refractivity contribution in [3.8, 4) is 17.2 Å². The van der Waals surface area contributed by atoms with E-state index in [1.165, 1.54) is 0 Å². The van der Waals surface area contributed by atoms with Crippen molar-refractivity contribution in [2.24, 2.45) is 5.92 Å². The number of likely N-dealkylation sites (tertiary alicyclic amines) is 1. The smallest absolute Gasteiger partial charge is 0.257 e. The monoisotopic (exact) mass is 351 g/mol. The van der Waals surface area contributed by atoms with Crippen molar-refractivity contribution in [1.82, 2.24) is 4.90 Å². The number of hydrogen-bond acceptors (Lipinski definition) is 6. The van der Waals surface area contributed by atoms with Crippen LogP contribution < -0.4 is 14.2 Å². The molecule has 2 aliphatic rings. The van der Waals surface area contributed by atoms with E-state index in [0.717, 1.165) is 12.8 Å². The molecule has 0 spiro atoms. The Morgan fingerprint density at radius 2 is 1.52 bits per heavy atom. The van der Waals surface area contributed by atoms with E-state index in [0.29, 0.717) is 55.0 Å². The number of piperidine rings is 1. The molecule has 138 valence electrons. The normalized spacial score (nSPS) is 19.1. The van der Waals surface area contributed by atoms with Gasteiger partial charge in [-0.3, -0.25) is 4.79 Å². The van der Waals surface area contributed by atoms with Crippen LogP contribution in [0.25, 0.3) is 0 Å². The minimum absolute atomic E-state index is 0.0653. The van der Waals surface area contributed by atoms with E-state index in [1.807, 2.05) is 4.90 Å². The topological polar surface area (TPSA) is 66.5 Å². The summed E-state index contributed by atoms with van der Waals surface area (Å²) in [6.07, 6.45) is 1.62. The molecule has 0 aromatic heterocycles. The van der Waals surface area contributed by atoms with Gasteiger partial charge in [0.05, 0.1) is 40.1 Å². The molecule has 0 unspecified atom stereocenters. The number of carbonyl (C=O) groups excluding carboxylic acids is 1. The Labute approximate surface area is 147 Å². The molecule has 0 radical (unpaired) electrons. The fourth-order valence-electron chi connectivity index (χ4n) is 3.39. The highest BCUT2D eigenvalue weighted by atomic mass is 16.7. The van der Waals surface area contributed by atoms with E-state index >= 15 is 0 Å². The molecule has 7 heteroatoms. The van der Waals surface area contributed by atoms with Crippen molar-refractivity contribution in [3.05, 3.63) is 17.7 Å². The zero-order valence-electron chi connectivity index (χ0n) is 14.9. The van der Waals surface area contributed by atoms with E-state index in [-0.39, 0.29) is 12.2 Å². The van der Waals surface area contributed by atoms with Crippen molar-refractivity contribution < 1.29 is 28.5 Å². The Hall–Kier alpha value is -1.99. The summed E-state index contributed by atoms with van der Waals surface area (Å²) in [5.41, 5.74) is 0.479. The summed E-state index contributed by atoms with van der Waals surface area (Å²) >= 11 is 0. The van der Waals surface area contributed by atoms with Gasteiger partial charge in [0, 0.05) is 31.1 Å². The van der Waals surface area contributed by atoms with Gasteiger partial charge in [-0.1, -0.05) is 0 Å². The quantitative estimate of drug-likeness (QED) is 0.808. The second kappa shape index (κ2) is 7.93. The second-order valence-electron chi connectivity index (χ2n) is 6.15. The van der Waals surface area contributed by atoms with Gasteiger partial charge in [-0.25, -0.2) is 0 Å². The molecule has 0 N–H and O–H groups in total. The Balaban J connectivity index is 1.72. The molecular formula is C18H25NO6. The van der Waals surface area contributed by atoms with Gasteiger partial charge in [0.2, 0.25) is 0 Å². The molecule has 0 bridgehead atoms. The van der Waals surface area contributed by atoms with Gasteiger partial charge in [-0.05, 0) is 12.8 Å².